The number of nitrogens with one attached hydrogen (secondary N) is 1. The summed E-state index contributed by atoms with van der Waals surface area (Å²) in [6.45, 7) is 9.88. The molecule has 1 amide bonds. The van der Waals surface area contributed by atoms with E-state index in [1.165, 1.54) is 25.7 Å². The standard InChI is InChI=1S/C17H32N2O2/c1-13-8-9-14(11-13)18-12-15-7-5-6-10-19(15)16(20)21-17(2,3)4/h13-15,18H,5-12H2,1-4H3. The largest absolute Gasteiger partial charge is 0.444 e. The Morgan fingerprint density at radius 3 is 2.62 bits per heavy atom. The highest BCUT2D eigenvalue weighted by Gasteiger charge is 2.31. The van der Waals surface area contributed by atoms with Gasteiger partial charge in [0.25, 0.3) is 0 Å². The molecule has 0 radical (unpaired) electrons. The molecule has 1 N–H and O–H groups in total. The summed E-state index contributed by atoms with van der Waals surface area (Å²) in [7, 11) is 0. The predicted octanol–water partition coefficient (Wildman–Crippen LogP) is 3.55. The third kappa shape index (κ3) is 5.17. The van der Waals surface area contributed by atoms with E-state index < -0.39 is 5.60 Å². The van der Waals surface area contributed by atoms with Crippen molar-refractivity contribution < 1.29 is 9.53 Å². The number of nitrogens with zero attached hydrogens (tertiary/aromatic N) is 1. The van der Waals surface area contributed by atoms with Crippen LogP contribution >= 0.6 is 0 Å². The summed E-state index contributed by atoms with van der Waals surface area (Å²) in [4.78, 5) is 14.3. The van der Waals surface area contributed by atoms with E-state index in [0.717, 1.165) is 31.8 Å². The fourth-order valence-corrected chi connectivity index (χ4v) is 3.47. The van der Waals surface area contributed by atoms with Crippen LogP contribution in [0.2, 0.25) is 0 Å². The van der Waals surface area contributed by atoms with Gasteiger partial charge in [0.15, 0.2) is 0 Å². The van der Waals surface area contributed by atoms with Crippen LogP contribution in [0.5, 0.6) is 0 Å². The average Bonchev–Trinajstić information content (AvgIpc) is 2.80. The smallest absolute Gasteiger partial charge is 0.410 e. The molecule has 0 aromatic heterocycles. The van der Waals surface area contributed by atoms with Crippen LogP contribution < -0.4 is 5.32 Å². The van der Waals surface area contributed by atoms with Crippen molar-refractivity contribution in [3.63, 3.8) is 0 Å². The van der Waals surface area contributed by atoms with Crippen molar-refractivity contribution in [2.24, 2.45) is 5.92 Å². The first-order valence-electron chi connectivity index (χ1n) is 8.58. The molecule has 0 spiro atoms. The number of hydrogen-bond acceptors (Lipinski definition) is 3. The summed E-state index contributed by atoms with van der Waals surface area (Å²) in [6.07, 6.45) is 7.14. The van der Waals surface area contributed by atoms with Gasteiger partial charge in [0.05, 0.1) is 0 Å². The van der Waals surface area contributed by atoms with Gasteiger partial charge >= 0.3 is 6.09 Å². The quantitative estimate of drug-likeness (QED) is 0.866. The van der Waals surface area contributed by atoms with Gasteiger partial charge in [-0.3, -0.25) is 0 Å². The zero-order chi connectivity index (χ0) is 15.5. The van der Waals surface area contributed by atoms with Gasteiger partial charge in [-0.05, 0) is 65.2 Å². The van der Waals surface area contributed by atoms with Gasteiger partial charge in [-0.25, -0.2) is 4.79 Å². The van der Waals surface area contributed by atoms with Gasteiger partial charge in [-0.15, -0.1) is 0 Å². The maximum atomic E-state index is 12.3. The lowest BCUT2D eigenvalue weighted by molar-refractivity contribution is 0.00966. The van der Waals surface area contributed by atoms with Crippen molar-refractivity contribution in [3.8, 4) is 0 Å². The Morgan fingerprint density at radius 1 is 1.24 bits per heavy atom. The molecule has 1 saturated carbocycles. The van der Waals surface area contributed by atoms with Gasteiger partial charge < -0.3 is 15.0 Å². The number of ether oxygens (including phenoxy) is 1. The Kier molecular flexibility index (Phi) is 5.53. The molecule has 21 heavy (non-hydrogen) atoms. The second-order valence-corrected chi connectivity index (χ2v) is 7.85. The number of amides is 1. The lowest BCUT2D eigenvalue weighted by Gasteiger charge is -2.37. The Labute approximate surface area is 129 Å². The molecule has 4 nitrogen and oxygen atoms in total. The van der Waals surface area contributed by atoms with E-state index in [1.807, 2.05) is 25.7 Å². The molecule has 122 valence electrons. The summed E-state index contributed by atoms with van der Waals surface area (Å²) in [5, 5.41) is 3.68. The molecular weight excluding hydrogens is 264 g/mol. The monoisotopic (exact) mass is 296 g/mol. The van der Waals surface area contributed by atoms with E-state index in [2.05, 4.69) is 12.2 Å². The van der Waals surface area contributed by atoms with Crippen molar-refractivity contribution >= 4 is 6.09 Å². The van der Waals surface area contributed by atoms with Crippen molar-refractivity contribution in [2.75, 3.05) is 13.1 Å². The van der Waals surface area contributed by atoms with E-state index in [1.54, 1.807) is 0 Å². The third-order valence-electron chi connectivity index (χ3n) is 4.59. The van der Waals surface area contributed by atoms with Crippen LogP contribution in [0.3, 0.4) is 0 Å². The number of hydrogen-bond donors (Lipinski definition) is 1. The number of carbonyl (C=O) groups is 1. The SMILES string of the molecule is CC1CCC(NCC2CCCCN2C(=O)OC(C)(C)C)C1. The van der Waals surface area contributed by atoms with Gasteiger partial charge in [-0.2, -0.15) is 0 Å². The Bertz CT molecular complexity index is 351. The van der Waals surface area contributed by atoms with E-state index in [0.29, 0.717) is 12.1 Å². The van der Waals surface area contributed by atoms with Gasteiger partial charge in [0, 0.05) is 25.2 Å². The zero-order valence-corrected chi connectivity index (χ0v) is 14.2. The van der Waals surface area contributed by atoms with Crippen LogP contribution in [-0.4, -0.2) is 41.8 Å². The first kappa shape index (κ1) is 16.6. The zero-order valence-electron chi connectivity index (χ0n) is 14.2. The number of likely N-dealkylation sites (tertiary alicyclic amines) is 1. The molecule has 3 unspecified atom stereocenters. The van der Waals surface area contributed by atoms with Crippen molar-refractivity contribution in [1.29, 1.82) is 0 Å². The first-order valence-corrected chi connectivity index (χ1v) is 8.58. The Morgan fingerprint density at radius 2 is 2.00 bits per heavy atom. The lowest BCUT2D eigenvalue weighted by atomic mass is 10.0. The first-order chi connectivity index (χ1) is 9.85. The molecule has 1 saturated heterocycles. The molecule has 3 atom stereocenters. The summed E-state index contributed by atoms with van der Waals surface area (Å²) < 4.78 is 5.56. The predicted molar refractivity (Wildman–Crippen MR) is 85.4 cm³/mol. The topological polar surface area (TPSA) is 41.6 Å². The molecule has 1 aliphatic heterocycles. The molecule has 2 rings (SSSR count). The highest BCUT2D eigenvalue weighted by molar-refractivity contribution is 5.68. The summed E-state index contributed by atoms with van der Waals surface area (Å²) in [5.41, 5.74) is -0.409. The molecule has 1 aliphatic carbocycles. The summed E-state index contributed by atoms with van der Waals surface area (Å²) >= 11 is 0. The minimum absolute atomic E-state index is 0.145. The van der Waals surface area contributed by atoms with E-state index in [4.69, 9.17) is 4.74 Å². The van der Waals surface area contributed by atoms with Crippen LogP contribution in [0.1, 0.15) is 66.2 Å². The van der Waals surface area contributed by atoms with Crippen molar-refractivity contribution in [3.05, 3.63) is 0 Å². The van der Waals surface area contributed by atoms with E-state index >= 15 is 0 Å². The van der Waals surface area contributed by atoms with Crippen LogP contribution in [0.15, 0.2) is 0 Å². The highest BCUT2D eigenvalue weighted by atomic mass is 16.6. The molecule has 0 aromatic carbocycles. The maximum absolute atomic E-state index is 12.3. The van der Waals surface area contributed by atoms with Gasteiger partial charge in [-0.1, -0.05) is 6.92 Å². The fraction of sp³-hybridized carbons (Fsp3) is 0.941. The second-order valence-electron chi connectivity index (χ2n) is 7.85. The molecule has 0 bridgehead atoms. The maximum Gasteiger partial charge on any atom is 0.410 e. The number of rotatable bonds is 3. The molecule has 1 heterocycles. The van der Waals surface area contributed by atoms with Crippen molar-refractivity contribution in [2.45, 2.75) is 83.9 Å². The van der Waals surface area contributed by atoms with E-state index in [-0.39, 0.29) is 6.09 Å². The molecular formula is C17H32N2O2. The van der Waals surface area contributed by atoms with Crippen molar-refractivity contribution in [1.82, 2.24) is 10.2 Å². The molecule has 2 aliphatic rings. The van der Waals surface area contributed by atoms with Crippen LogP contribution in [0.25, 0.3) is 0 Å². The number of piperidine rings is 1. The third-order valence-corrected chi connectivity index (χ3v) is 4.59. The van der Waals surface area contributed by atoms with Crippen LogP contribution in [0.4, 0.5) is 4.79 Å². The summed E-state index contributed by atoms with van der Waals surface area (Å²) in [5.74, 6) is 0.843. The minimum atomic E-state index is -0.409. The highest BCUT2D eigenvalue weighted by Crippen LogP contribution is 2.25. The molecule has 4 heteroatoms. The Hall–Kier alpha value is -0.770. The normalized spacial score (nSPS) is 30.5. The lowest BCUT2D eigenvalue weighted by Crippen LogP contribution is -2.51. The summed E-state index contributed by atoms with van der Waals surface area (Å²) in [6, 6.07) is 0.937. The molecule has 0 aromatic rings. The average molecular weight is 296 g/mol. The fourth-order valence-electron chi connectivity index (χ4n) is 3.47. The van der Waals surface area contributed by atoms with E-state index in [9.17, 15) is 4.79 Å². The number of carbonyl (C=O) groups excluding carboxylic acids is 1. The second kappa shape index (κ2) is 6.99. The van der Waals surface area contributed by atoms with Crippen LogP contribution in [-0.2, 0) is 4.74 Å². The van der Waals surface area contributed by atoms with Crippen LogP contribution in [0, 0.1) is 5.92 Å². The Balaban J connectivity index is 1.85. The molecule has 2 fully saturated rings. The minimum Gasteiger partial charge on any atom is -0.444 e. The van der Waals surface area contributed by atoms with Gasteiger partial charge in [0.2, 0.25) is 0 Å². The van der Waals surface area contributed by atoms with Gasteiger partial charge in [0.1, 0.15) is 5.60 Å².